The zero-order chi connectivity index (χ0) is 12.9. The molecule has 0 bridgehead atoms. The summed E-state index contributed by atoms with van der Waals surface area (Å²) in [5.41, 5.74) is 4.82. The molecule has 1 heterocycles. The standard InChI is InChI=1S/C15H20N2O.ClH/c1-9-6-11-12-7-10(17(2)3)4-5-13(12)16-14(11)8-15(9)18;/h6,8,10,16,18H,4-5,7H2,1-3H3;1H. The molecule has 4 heteroatoms. The van der Waals surface area contributed by atoms with Crippen LogP contribution in [-0.2, 0) is 12.8 Å². The summed E-state index contributed by atoms with van der Waals surface area (Å²) in [4.78, 5) is 5.78. The molecular weight excluding hydrogens is 260 g/mol. The van der Waals surface area contributed by atoms with E-state index in [1.165, 1.54) is 23.1 Å². The fourth-order valence-electron chi connectivity index (χ4n) is 2.99. The molecule has 2 aromatic rings. The molecule has 0 radical (unpaired) electrons. The summed E-state index contributed by atoms with van der Waals surface area (Å²) in [6, 6.07) is 4.59. The Kier molecular flexibility index (Phi) is 3.79. The Balaban J connectivity index is 0.00000133. The van der Waals surface area contributed by atoms with Crippen LogP contribution in [0.4, 0.5) is 0 Å². The van der Waals surface area contributed by atoms with Gasteiger partial charge in [0.05, 0.1) is 0 Å². The van der Waals surface area contributed by atoms with Crippen LogP contribution in [-0.4, -0.2) is 35.1 Å². The second-order valence-electron chi connectivity index (χ2n) is 5.63. The minimum absolute atomic E-state index is 0. The fraction of sp³-hybridized carbons (Fsp3) is 0.467. The largest absolute Gasteiger partial charge is 0.508 e. The zero-order valence-electron chi connectivity index (χ0n) is 11.7. The molecule has 0 spiro atoms. The van der Waals surface area contributed by atoms with Crippen molar-refractivity contribution in [1.29, 1.82) is 0 Å². The fourth-order valence-corrected chi connectivity index (χ4v) is 2.99. The maximum absolute atomic E-state index is 9.79. The van der Waals surface area contributed by atoms with Gasteiger partial charge in [-0.1, -0.05) is 0 Å². The van der Waals surface area contributed by atoms with Crippen molar-refractivity contribution in [3.8, 4) is 5.75 Å². The highest BCUT2D eigenvalue weighted by atomic mass is 35.5. The topological polar surface area (TPSA) is 39.3 Å². The first kappa shape index (κ1) is 14.2. The van der Waals surface area contributed by atoms with E-state index >= 15 is 0 Å². The molecular formula is C15H21ClN2O. The summed E-state index contributed by atoms with van der Waals surface area (Å²) in [6.07, 6.45) is 3.41. The van der Waals surface area contributed by atoms with Crippen molar-refractivity contribution < 1.29 is 5.11 Å². The lowest BCUT2D eigenvalue weighted by molar-refractivity contribution is 0.268. The first-order valence-corrected chi connectivity index (χ1v) is 6.55. The molecule has 1 unspecified atom stereocenters. The van der Waals surface area contributed by atoms with E-state index < -0.39 is 0 Å². The van der Waals surface area contributed by atoms with Crippen LogP contribution in [0.3, 0.4) is 0 Å². The van der Waals surface area contributed by atoms with Gasteiger partial charge in [-0.15, -0.1) is 12.4 Å². The Hall–Kier alpha value is -1.19. The Morgan fingerprint density at radius 3 is 2.74 bits per heavy atom. The van der Waals surface area contributed by atoms with E-state index in [1.54, 1.807) is 0 Å². The highest BCUT2D eigenvalue weighted by Gasteiger charge is 2.23. The monoisotopic (exact) mass is 280 g/mol. The molecule has 1 aromatic heterocycles. The molecule has 19 heavy (non-hydrogen) atoms. The van der Waals surface area contributed by atoms with Crippen molar-refractivity contribution in [2.45, 2.75) is 32.2 Å². The van der Waals surface area contributed by atoms with Gasteiger partial charge in [-0.25, -0.2) is 0 Å². The number of nitrogens with one attached hydrogen (secondary N) is 1. The number of hydrogen-bond donors (Lipinski definition) is 2. The van der Waals surface area contributed by atoms with Crippen LogP contribution in [0, 0.1) is 6.92 Å². The maximum Gasteiger partial charge on any atom is 0.120 e. The number of aryl methyl sites for hydroxylation is 2. The number of phenols is 1. The van der Waals surface area contributed by atoms with E-state index in [0.717, 1.165) is 23.9 Å². The van der Waals surface area contributed by atoms with Crippen molar-refractivity contribution in [3.05, 3.63) is 29.0 Å². The maximum atomic E-state index is 9.79. The van der Waals surface area contributed by atoms with Crippen LogP contribution in [0.1, 0.15) is 23.2 Å². The molecule has 0 saturated heterocycles. The molecule has 3 rings (SSSR count). The number of aromatic amines is 1. The minimum atomic E-state index is 0. The molecule has 0 saturated carbocycles. The number of phenolic OH excluding ortho intramolecular Hbond substituents is 1. The SMILES string of the molecule is Cc1cc2c3c([nH]c2cc1O)CCC(N(C)C)C3.Cl. The summed E-state index contributed by atoms with van der Waals surface area (Å²) >= 11 is 0. The normalized spacial score (nSPS) is 18.4. The predicted molar refractivity (Wildman–Crippen MR) is 81.4 cm³/mol. The number of H-pyrrole nitrogens is 1. The number of nitrogens with zero attached hydrogens (tertiary/aromatic N) is 1. The number of hydrogen-bond acceptors (Lipinski definition) is 2. The van der Waals surface area contributed by atoms with Gasteiger partial charge >= 0.3 is 0 Å². The zero-order valence-corrected chi connectivity index (χ0v) is 12.5. The highest BCUT2D eigenvalue weighted by Crippen LogP contribution is 2.33. The number of benzene rings is 1. The van der Waals surface area contributed by atoms with Crippen molar-refractivity contribution in [1.82, 2.24) is 9.88 Å². The molecule has 3 nitrogen and oxygen atoms in total. The van der Waals surface area contributed by atoms with E-state index in [0.29, 0.717) is 11.8 Å². The second kappa shape index (κ2) is 5.06. The van der Waals surface area contributed by atoms with Crippen LogP contribution in [0.2, 0.25) is 0 Å². The van der Waals surface area contributed by atoms with Crippen molar-refractivity contribution in [2.24, 2.45) is 0 Å². The molecule has 1 aliphatic rings. The van der Waals surface area contributed by atoms with E-state index in [2.05, 4.69) is 30.0 Å². The number of likely N-dealkylation sites (N-methyl/N-ethyl adjacent to an activating group) is 1. The first-order valence-electron chi connectivity index (χ1n) is 6.55. The Morgan fingerprint density at radius 1 is 1.32 bits per heavy atom. The van der Waals surface area contributed by atoms with Gasteiger partial charge in [-0.05, 0) is 57.5 Å². The lowest BCUT2D eigenvalue weighted by Crippen LogP contribution is -2.33. The molecule has 1 aliphatic carbocycles. The van der Waals surface area contributed by atoms with Gasteiger partial charge in [0.25, 0.3) is 0 Å². The van der Waals surface area contributed by atoms with Gasteiger partial charge < -0.3 is 15.0 Å². The Labute approximate surface area is 120 Å². The van der Waals surface area contributed by atoms with E-state index in [1.807, 2.05) is 13.0 Å². The van der Waals surface area contributed by atoms with Crippen molar-refractivity contribution >= 4 is 23.3 Å². The van der Waals surface area contributed by atoms with Crippen LogP contribution in [0.25, 0.3) is 10.9 Å². The van der Waals surface area contributed by atoms with Gasteiger partial charge in [0.1, 0.15) is 5.75 Å². The summed E-state index contributed by atoms with van der Waals surface area (Å²) in [5, 5.41) is 11.1. The van der Waals surface area contributed by atoms with Gasteiger partial charge in [0.2, 0.25) is 0 Å². The number of fused-ring (bicyclic) bond motifs is 3. The third-order valence-corrected chi connectivity index (χ3v) is 4.21. The minimum Gasteiger partial charge on any atom is -0.508 e. The number of halogens is 1. The third kappa shape index (κ3) is 2.33. The van der Waals surface area contributed by atoms with Gasteiger partial charge in [-0.3, -0.25) is 0 Å². The lowest BCUT2D eigenvalue weighted by Gasteiger charge is -2.28. The van der Waals surface area contributed by atoms with Gasteiger partial charge in [-0.2, -0.15) is 0 Å². The van der Waals surface area contributed by atoms with E-state index in [-0.39, 0.29) is 12.4 Å². The van der Waals surface area contributed by atoms with Crippen molar-refractivity contribution in [2.75, 3.05) is 14.1 Å². The van der Waals surface area contributed by atoms with E-state index in [9.17, 15) is 5.11 Å². The first-order chi connectivity index (χ1) is 8.56. The second-order valence-corrected chi connectivity index (χ2v) is 5.63. The third-order valence-electron chi connectivity index (χ3n) is 4.21. The van der Waals surface area contributed by atoms with E-state index in [4.69, 9.17) is 0 Å². The molecule has 0 aliphatic heterocycles. The van der Waals surface area contributed by atoms with Crippen LogP contribution in [0.15, 0.2) is 12.1 Å². The van der Waals surface area contributed by atoms with Crippen LogP contribution >= 0.6 is 12.4 Å². The quantitative estimate of drug-likeness (QED) is 0.843. The molecule has 2 N–H and O–H groups in total. The van der Waals surface area contributed by atoms with Gasteiger partial charge in [0.15, 0.2) is 0 Å². The Bertz CT molecular complexity index is 604. The predicted octanol–water partition coefficient (Wildman–Crippen LogP) is 3.02. The summed E-state index contributed by atoms with van der Waals surface area (Å²) in [6.45, 7) is 1.96. The average Bonchev–Trinajstić information content (AvgIpc) is 2.66. The van der Waals surface area contributed by atoms with Crippen LogP contribution in [0.5, 0.6) is 5.75 Å². The summed E-state index contributed by atoms with van der Waals surface area (Å²) in [5.74, 6) is 0.380. The molecule has 1 aromatic carbocycles. The van der Waals surface area contributed by atoms with Crippen LogP contribution < -0.4 is 0 Å². The van der Waals surface area contributed by atoms with Gasteiger partial charge in [0, 0.05) is 28.7 Å². The number of rotatable bonds is 1. The number of aromatic nitrogens is 1. The molecule has 1 atom stereocenters. The molecule has 104 valence electrons. The molecule has 0 amide bonds. The summed E-state index contributed by atoms with van der Waals surface area (Å²) < 4.78 is 0. The average molecular weight is 281 g/mol. The highest BCUT2D eigenvalue weighted by molar-refractivity contribution is 5.87. The Morgan fingerprint density at radius 2 is 2.05 bits per heavy atom. The number of aromatic hydroxyl groups is 1. The molecule has 0 fully saturated rings. The lowest BCUT2D eigenvalue weighted by atomic mass is 9.90. The smallest absolute Gasteiger partial charge is 0.120 e. The van der Waals surface area contributed by atoms with Crippen molar-refractivity contribution in [3.63, 3.8) is 0 Å². The summed E-state index contributed by atoms with van der Waals surface area (Å²) in [7, 11) is 4.31.